The van der Waals surface area contributed by atoms with E-state index >= 15 is 0 Å². The molecule has 0 spiro atoms. The standard InChI is InChI=1S/C16H19N3O2/c1-2-21-15-7-5-12(10-14(15)17)6-8-16(20)19-13-4-3-9-18-11-13/h3-5,7,9-11H,2,6,8,17H2,1H3,(H,19,20). The number of nitrogen functional groups attached to an aromatic ring is 1. The van der Waals surface area contributed by atoms with Crippen molar-refractivity contribution in [3.05, 3.63) is 48.3 Å². The van der Waals surface area contributed by atoms with Crippen molar-refractivity contribution in [3.63, 3.8) is 0 Å². The minimum absolute atomic E-state index is 0.0459. The Morgan fingerprint density at radius 2 is 2.24 bits per heavy atom. The van der Waals surface area contributed by atoms with Crippen molar-refractivity contribution in [2.45, 2.75) is 19.8 Å². The lowest BCUT2D eigenvalue weighted by molar-refractivity contribution is -0.116. The number of amides is 1. The van der Waals surface area contributed by atoms with Gasteiger partial charge in [0.2, 0.25) is 5.91 Å². The molecule has 0 aliphatic carbocycles. The molecule has 0 bridgehead atoms. The van der Waals surface area contributed by atoms with Crippen molar-refractivity contribution in [2.75, 3.05) is 17.7 Å². The van der Waals surface area contributed by atoms with Crippen LogP contribution in [0.2, 0.25) is 0 Å². The minimum Gasteiger partial charge on any atom is -0.492 e. The molecule has 1 aromatic carbocycles. The molecule has 1 heterocycles. The van der Waals surface area contributed by atoms with E-state index in [0.717, 1.165) is 5.56 Å². The second kappa shape index (κ2) is 7.28. The molecule has 2 rings (SSSR count). The third-order valence-corrected chi connectivity index (χ3v) is 2.96. The van der Waals surface area contributed by atoms with Crippen molar-refractivity contribution < 1.29 is 9.53 Å². The summed E-state index contributed by atoms with van der Waals surface area (Å²) < 4.78 is 5.38. The SMILES string of the molecule is CCOc1ccc(CCC(=O)Nc2cccnc2)cc1N. The largest absolute Gasteiger partial charge is 0.492 e. The lowest BCUT2D eigenvalue weighted by Crippen LogP contribution is -2.12. The Morgan fingerprint density at radius 1 is 1.38 bits per heavy atom. The molecule has 5 heteroatoms. The highest BCUT2D eigenvalue weighted by molar-refractivity contribution is 5.90. The normalized spacial score (nSPS) is 10.1. The Morgan fingerprint density at radius 3 is 2.90 bits per heavy atom. The van der Waals surface area contributed by atoms with E-state index in [1.807, 2.05) is 25.1 Å². The summed E-state index contributed by atoms with van der Waals surface area (Å²) in [5.41, 5.74) is 8.22. The van der Waals surface area contributed by atoms with Gasteiger partial charge < -0.3 is 15.8 Å². The number of hydrogen-bond donors (Lipinski definition) is 2. The van der Waals surface area contributed by atoms with Crippen LogP contribution in [0.5, 0.6) is 5.75 Å². The first kappa shape index (κ1) is 14.8. The van der Waals surface area contributed by atoms with Crippen LogP contribution in [0.3, 0.4) is 0 Å². The number of aromatic nitrogens is 1. The number of hydrogen-bond acceptors (Lipinski definition) is 4. The lowest BCUT2D eigenvalue weighted by atomic mass is 10.1. The molecule has 5 nitrogen and oxygen atoms in total. The fraction of sp³-hybridized carbons (Fsp3) is 0.250. The van der Waals surface area contributed by atoms with Crippen LogP contribution in [0.25, 0.3) is 0 Å². The van der Waals surface area contributed by atoms with Crippen LogP contribution >= 0.6 is 0 Å². The predicted molar refractivity (Wildman–Crippen MR) is 83.2 cm³/mol. The molecule has 21 heavy (non-hydrogen) atoms. The summed E-state index contributed by atoms with van der Waals surface area (Å²) in [5, 5.41) is 2.80. The molecule has 1 aromatic heterocycles. The van der Waals surface area contributed by atoms with Gasteiger partial charge in [0, 0.05) is 12.6 Å². The van der Waals surface area contributed by atoms with Crippen molar-refractivity contribution in [1.82, 2.24) is 4.98 Å². The molecule has 0 aliphatic rings. The molecule has 2 aromatic rings. The summed E-state index contributed by atoms with van der Waals surface area (Å²) in [4.78, 5) is 15.8. The second-order valence-corrected chi connectivity index (χ2v) is 4.60. The zero-order valence-electron chi connectivity index (χ0n) is 12.0. The highest BCUT2D eigenvalue weighted by Gasteiger charge is 2.05. The van der Waals surface area contributed by atoms with Crippen LogP contribution in [0.15, 0.2) is 42.7 Å². The molecule has 1 amide bonds. The van der Waals surface area contributed by atoms with Gasteiger partial charge in [-0.1, -0.05) is 6.07 Å². The maximum Gasteiger partial charge on any atom is 0.224 e. The molecule has 110 valence electrons. The van der Waals surface area contributed by atoms with Crippen molar-refractivity contribution >= 4 is 17.3 Å². The first-order valence-electron chi connectivity index (χ1n) is 6.90. The number of anilines is 2. The van der Waals surface area contributed by atoms with Crippen molar-refractivity contribution in [2.24, 2.45) is 0 Å². The molecule has 3 N–H and O–H groups in total. The Bertz CT molecular complexity index is 600. The first-order valence-corrected chi connectivity index (χ1v) is 6.90. The number of nitrogens with one attached hydrogen (secondary N) is 1. The molecule has 0 saturated heterocycles. The third-order valence-electron chi connectivity index (χ3n) is 2.96. The van der Waals surface area contributed by atoms with Gasteiger partial charge in [0.15, 0.2) is 0 Å². The number of nitrogens with zero attached hydrogens (tertiary/aromatic N) is 1. The zero-order valence-corrected chi connectivity index (χ0v) is 12.0. The van der Waals surface area contributed by atoms with Gasteiger partial charge in [0.25, 0.3) is 0 Å². The van der Waals surface area contributed by atoms with Gasteiger partial charge in [-0.2, -0.15) is 0 Å². The minimum atomic E-state index is -0.0459. The van der Waals surface area contributed by atoms with Crippen LogP contribution in [-0.2, 0) is 11.2 Å². The Labute approximate surface area is 124 Å². The number of nitrogens with two attached hydrogens (primary N) is 1. The summed E-state index contributed by atoms with van der Waals surface area (Å²) in [6.07, 6.45) is 4.30. The van der Waals surface area contributed by atoms with E-state index in [9.17, 15) is 4.79 Å². The average Bonchev–Trinajstić information content (AvgIpc) is 2.49. The Kier molecular flexibility index (Phi) is 5.15. The van der Waals surface area contributed by atoms with Gasteiger partial charge in [0.1, 0.15) is 5.75 Å². The summed E-state index contributed by atoms with van der Waals surface area (Å²) in [6.45, 7) is 2.49. The van der Waals surface area contributed by atoms with Gasteiger partial charge >= 0.3 is 0 Å². The van der Waals surface area contributed by atoms with Gasteiger partial charge in [-0.15, -0.1) is 0 Å². The van der Waals surface area contributed by atoms with E-state index in [-0.39, 0.29) is 5.91 Å². The van der Waals surface area contributed by atoms with Gasteiger partial charge in [-0.05, 0) is 43.2 Å². The first-order chi connectivity index (χ1) is 10.2. The highest BCUT2D eigenvalue weighted by atomic mass is 16.5. The molecule has 0 atom stereocenters. The molecular weight excluding hydrogens is 266 g/mol. The molecule has 0 fully saturated rings. The number of carbonyl (C=O) groups is 1. The Hall–Kier alpha value is -2.56. The van der Waals surface area contributed by atoms with Gasteiger partial charge in [-0.3, -0.25) is 9.78 Å². The number of pyridine rings is 1. The van der Waals surface area contributed by atoms with Gasteiger partial charge in [-0.25, -0.2) is 0 Å². The molecule has 0 radical (unpaired) electrons. The molecule has 0 aliphatic heterocycles. The number of carbonyl (C=O) groups excluding carboxylic acids is 1. The quantitative estimate of drug-likeness (QED) is 0.800. The number of benzene rings is 1. The zero-order chi connectivity index (χ0) is 15.1. The fourth-order valence-corrected chi connectivity index (χ4v) is 1.96. The second-order valence-electron chi connectivity index (χ2n) is 4.60. The average molecular weight is 285 g/mol. The number of rotatable bonds is 6. The van der Waals surface area contributed by atoms with Crippen LogP contribution in [-0.4, -0.2) is 17.5 Å². The van der Waals surface area contributed by atoms with Crippen LogP contribution in [0, 0.1) is 0 Å². The molecule has 0 saturated carbocycles. The lowest BCUT2D eigenvalue weighted by Gasteiger charge is -2.09. The highest BCUT2D eigenvalue weighted by Crippen LogP contribution is 2.23. The number of ether oxygens (including phenoxy) is 1. The van der Waals surface area contributed by atoms with E-state index in [1.165, 1.54) is 0 Å². The summed E-state index contributed by atoms with van der Waals surface area (Å²) >= 11 is 0. The molecular formula is C16H19N3O2. The van der Waals surface area contributed by atoms with Crippen molar-refractivity contribution in [3.8, 4) is 5.75 Å². The van der Waals surface area contributed by atoms with E-state index < -0.39 is 0 Å². The van der Waals surface area contributed by atoms with E-state index in [4.69, 9.17) is 10.5 Å². The summed E-state index contributed by atoms with van der Waals surface area (Å²) in [5.74, 6) is 0.636. The maximum absolute atomic E-state index is 11.8. The summed E-state index contributed by atoms with van der Waals surface area (Å²) in [7, 11) is 0. The maximum atomic E-state index is 11.8. The smallest absolute Gasteiger partial charge is 0.224 e. The monoisotopic (exact) mass is 285 g/mol. The van der Waals surface area contributed by atoms with Crippen LogP contribution < -0.4 is 15.8 Å². The number of aryl methyl sites for hydroxylation is 1. The fourth-order valence-electron chi connectivity index (χ4n) is 1.96. The van der Waals surface area contributed by atoms with Gasteiger partial charge in [0.05, 0.1) is 24.2 Å². The van der Waals surface area contributed by atoms with E-state index in [2.05, 4.69) is 10.3 Å². The summed E-state index contributed by atoms with van der Waals surface area (Å²) in [6, 6.07) is 9.21. The van der Waals surface area contributed by atoms with E-state index in [1.54, 1.807) is 24.5 Å². The molecule has 0 unspecified atom stereocenters. The Balaban J connectivity index is 1.88. The third kappa shape index (κ3) is 4.49. The van der Waals surface area contributed by atoms with E-state index in [0.29, 0.717) is 36.6 Å². The van der Waals surface area contributed by atoms with Crippen molar-refractivity contribution in [1.29, 1.82) is 0 Å². The predicted octanol–water partition coefficient (Wildman–Crippen LogP) is 2.63. The van der Waals surface area contributed by atoms with Crippen LogP contribution in [0.1, 0.15) is 18.9 Å². The van der Waals surface area contributed by atoms with Crippen LogP contribution in [0.4, 0.5) is 11.4 Å². The topological polar surface area (TPSA) is 77.2 Å².